The highest BCUT2D eigenvalue weighted by Crippen LogP contribution is 2.36. The monoisotopic (exact) mass is 570 g/mol. The topological polar surface area (TPSA) is 93.7 Å². The predicted molar refractivity (Wildman–Crippen MR) is 164 cm³/mol. The Morgan fingerprint density at radius 3 is 2.10 bits per heavy atom. The second-order valence-corrected chi connectivity index (χ2v) is 10.8. The summed E-state index contributed by atoms with van der Waals surface area (Å²) in [4.78, 5) is 38.8. The fourth-order valence-corrected chi connectivity index (χ4v) is 5.47. The van der Waals surface area contributed by atoms with Gasteiger partial charge in [-0.15, -0.1) is 11.3 Å². The molecule has 0 aliphatic heterocycles. The standard InChI is InChI=1S/C33H34N2O5S/c1-7-39-33(38)28-27(24-10-8-19(2)9-11-24)18-41-32(28)35-31(37)25-12-14-26(15-13-25)40-23(6)30(36)34-29-21(4)16-20(3)17-22(29)5/h8-18,23H,7H2,1-6H3,(H,34,36)(H,35,37). The smallest absolute Gasteiger partial charge is 0.341 e. The summed E-state index contributed by atoms with van der Waals surface area (Å²) in [6.07, 6.45) is -0.756. The molecular weight excluding hydrogens is 536 g/mol. The Labute approximate surface area is 244 Å². The summed E-state index contributed by atoms with van der Waals surface area (Å²) in [5, 5.41) is 8.08. The number of anilines is 2. The van der Waals surface area contributed by atoms with Gasteiger partial charge in [-0.2, -0.15) is 0 Å². The highest BCUT2D eigenvalue weighted by molar-refractivity contribution is 7.15. The molecule has 4 rings (SSSR count). The average Bonchev–Trinajstić information content (AvgIpc) is 3.35. The van der Waals surface area contributed by atoms with Crippen LogP contribution in [0.25, 0.3) is 11.1 Å². The molecule has 1 heterocycles. The van der Waals surface area contributed by atoms with Crippen LogP contribution in [0.5, 0.6) is 5.75 Å². The zero-order valence-corrected chi connectivity index (χ0v) is 24.9. The number of thiophene rings is 1. The van der Waals surface area contributed by atoms with Crippen molar-refractivity contribution >= 4 is 39.8 Å². The summed E-state index contributed by atoms with van der Waals surface area (Å²) >= 11 is 1.27. The minimum absolute atomic E-state index is 0.220. The number of ether oxygens (including phenoxy) is 2. The first-order valence-electron chi connectivity index (χ1n) is 13.4. The average molecular weight is 571 g/mol. The van der Waals surface area contributed by atoms with Crippen LogP contribution in [0, 0.1) is 27.7 Å². The largest absolute Gasteiger partial charge is 0.481 e. The molecule has 0 bridgehead atoms. The minimum Gasteiger partial charge on any atom is -0.481 e. The van der Waals surface area contributed by atoms with Gasteiger partial charge in [-0.05, 0) is 82.5 Å². The lowest BCUT2D eigenvalue weighted by Gasteiger charge is -2.18. The van der Waals surface area contributed by atoms with Gasteiger partial charge in [0.05, 0.1) is 6.61 Å². The summed E-state index contributed by atoms with van der Waals surface area (Å²) in [6, 6.07) is 18.4. The Morgan fingerprint density at radius 2 is 1.49 bits per heavy atom. The van der Waals surface area contributed by atoms with Gasteiger partial charge in [0, 0.05) is 22.2 Å². The molecule has 0 radical (unpaired) electrons. The first-order valence-corrected chi connectivity index (χ1v) is 14.3. The normalized spacial score (nSPS) is 11.5. The maximum Gasteiger partial charge on any atom is 0.341 e. The van der Waals surface area contributed by atoms with Crippen molar-refractivity contribution in [3.8, 4) is 16.9 Å². The second-order valence-electron chi connectivity index (χ2n) is 9.94. The fourth-order valence-electron chi connectivity index (χ4n) is 4.52. The van der Waals surface area contributed by atoms with Crippen molar-refractivity contribution in [3.63, 3.8) is 0 Å². The van der Waals surface area contributed by atoms with Gasteiger partial charge in [-0.3, -0.25) is 9.59 Å². The molecule has 0 saturated heterocycles. The van der Waals surface area contributed by atoms with Crippen LogP contribution in [0.15, 0.2) is 66.0 Å². The first-order chi connectivity index (χ1) is 19.6. The number of nitrogens with one attached hydrogen (secondary N) is 2. The SMILES string of the molecule is CCOC(=O)c1c(-c2ccc(C)cc2)csc1NC(=O)c1ccc(OC(C)C(=O)Nc2c(C)cc(C)cc2C)cc1. The Morgan fingerprint density at radius 1 is 0.854 bits per heavy atom. The van der Waals surface area contributed by atoms with Crippen molar-refractivity contribution in [2.45, 2.75) is 47.6 Å². The molecule has 1 unspecified atom stereocenters. The third-order valence-corrected chi connectivity index (χ3v) is 7.48. The van der Waals surface area contributed by atoms with Crippen molar-refractivity contribution in [1.82, 2.24) is 0 Å². The van der Waals surface area contributed by atoms with E-state index in [1.54, 1.807) is 38.1 Å². The van der Waals surface area contributed by atoms with Gasteiger partial charge in [0.15, 0.2) is 6.10 Å². The number of hydrogen-bond acceptors (Lipinski definition) is 6. The molecule has 212 valence electrons. The molecule has 3 aromatic carbocycles. The molecule has 0 fully saturated rings. The van der Waals surface area contributed by atoms with E-state index in [1.165, 1.54) is 11.3 Å². The molecule has 41 heavy (non-hydrogen) atoms. The van der Waals surface area contributed by atoms with E-state index < -0.39 is 12.1 Å². The van der Waals surface area contributed by atoms with Crippen LogP contribution >= 0.6 is 11.3 Å². The van der Waals surface area contributed by atoms with Crippen LogP contribution < -0.4 is 15.4 Å². The molecule has 7 nitrogen and oxygen atoms in total. The van der Waals surface area contributed by atoms with Crippen LogP contribution in [-0.4, -0.2) is 30.5 Å². The summed E-state index contributed by atoms with van der Waals surface area (Å²) in [5.41, 5.74) is 7.27. The van der Waals surface area contributed by atoms with Gasteiger partial charge in [0.2, 0.25) is 0 Å². The Balaban J connectivity index is 1.45. The van der Waals surface area contributed by atoms with Crippen molar-refractivity contribution in [1.29, 1.82) is 0 Å². The van der Waals surface area contributed by atoms with Crippen molar-refractivity contribution in [2.24, 2.45) is 0 Å². The van der Waals surface area contributed by atoms with Crippen molar-refractivity contribution < 1.29 is 23.9 Å². The van der Waals surface area contributed by atoms with Crippen LogP contribution in [0.1, 0.15) is 56.8 Å². The number of amides is 2. The van der Waals surface area contributed by atoms with E-state index in [2.05, 4.69) is 10.6 Å². The van der Waals surface area contributed by atoms with E-state index in [0.717, 1.165) is 33.5 Å². The zero-order chi connectivity index (χ0) is 29.7. The Kier molecular flexibility index (Phi) is 9.24. The van der Waals surface area contributed by atoms with Gasteiger partial charge in [0.25, 0.3) is 11.8 Å². The maximum absolute atomic E-state index is 13.1. The van der Waals surface area contributed by atoms with Crippen LogP contribution in [0.3, 0.4) is 0 Å². The molecular formula is C33H34N2O5S. The van der Waals surface area contributed by atoms with E-state index in [9.17, 15) is 14.4 Å². The number of rotatable bonds is 9. The number of carbonyl (C=O) groups excluding carboxylic acids is 3. The molecule has 0 spiro atoms. The lowest BCUT2D eigenvalue weighted by atomic mass is 10.0. The second kappa shape index (κ2) is 12.8. The number of aryl methyl sites for hydroxylation is 4. The van der Waals surface area contributed by atoms with Gasteiger partial charge in [-0.1, -0.05) is 47.5 Å². The fraction of sp³-hybridized carbons (Fsp3) is 0.242. The molecule has 1 aromatic heterocycles. The van der Waals surface area contributed by atoms with E-state index in [0.29, 0.717) is 27.4 Å². The Bertz CT molecular complexity index is 1550. The number of carbonyl (C=O) groups is 3. The highest BCUT2D eigenvalue weighted by atomic mass is 32.1. The number of esters is 1. The maximum atomic E-state index is 13.1. The molecule has 0 aliphatic carbocycles. The molecule has 4 aromatic rings. The van der Waals surface area contributed by atoms with E-state index in [4.69, 9.17) is 9.47 Å². The van der Waals surface area contributed by atoms with Crippen molar-refractivity contribution in [3.05, 3.63) is 99.4 Å². The third-order valence-electron chi connectivity index (χ3n) is 6.58. The lowest BCUT2D eigenvalue weighted by molar-refractivity contribution is -0.122. The lowest BCUT2D eigenvalue weighted by Crippen LogP contribution is -2.30. The summed E-state index contributed by atoms with van der Waals surface area (Å²) in [7, 11) is 0. The van der Waals surface area contributed by atoms with Gasteiger partial charge < -0.3 is 20.1 Å². The Hall–Kier alpha value is -4.43. The molecule has 1 atom stereocenters. The molecule has 2 N–H and O–H groups in total. The van der Waals surface area contributed by atoms with E-state index in [-0.39, 0.29) is 18.4 Å². The minimum atomic E-state index is -0.756. The third kappa shape index (κ3) is 7.02. The number of hydrogen-bond donors (Lipinski definition) is 2. The molecule has 2 amide bonds. The van der Waals surface area contributed by atoms with Crippen LogP contribution in [0.4, 0.5) is 10.7 Å². The van der Waals surface area contributed by atoms with Crippen molar-refractivity contribution in [2.75, 3.05) is 17.2 Å². The summed E-state index contributed by atoms with van der Waals surface area (Å²) < 4.78 is 11.1. The van der Waals surface area contributed by atoms with Crippen LogP contribution in [-0.2, 0) is 9.53 Å². The van der Waals surface area contributed by atoms with Crippen LogP contribution in [0.2, 0.25) is 0 Å². The predicted octanol–water partition coefficient (Wildman–Crippen LogP) is 7.48. The zero-order valence-electron chi connectivity index (χ0n) is 24.1. The van der Waals surface area contributed by atoms with Gasteiger partial charge in [-0.25, -0.2) is 4.79 Å². The van der Waals surface area contributed by atoms with Gasteiger partial charge >= 0.3 is 5.97 Å². The number of benzene rings is 3. The summed E-state index contributed by atoms with van der Waals surface area (Å²) in [5.74, 6) is -0.691. The van der Waals surface area contributed by atoms with Gasteiger partial charge in [0.1, 0.15) is 16.3 Å². The highest BCUT2D eigenvalue weighted by Gasteiger charge is 2.23. The van der Waals surface area contributed by atoms with E-state index >= 15 is 0 Å². The summed E-state index contributed by atoms with van der Waals surface area (Å²) in [6.45, 7) is 11.6. The molecule has 0 aliphatic rings. The quantitative estimate of drug-likeness (QED) is 0.204. The molecule has 0 saturated carbocycles. The first kappa shape index (κ1) is 29.6. The molecule has 8 heteroatoms. The van der Waals surface area contributed by atoms with E-state index in [1.807, 2.05) is 69.5 Å².